The quantitative estimate of drug-likeness (QED) is 0.591. The number of hydrogen-bond donors (Lipinski definition) is 0. The molecule has 1 fully saturated rings. The first-order chi connectivity index (χ1) is 10.0. The highest BCUT2D eigenvalue weighted by atomic mass is 28.3. The van der Waals surface area contributed by atoms with E-state index < -0.39 is 8.07 Å². The molecule has 0 nitrogen and oxygen atoms in total. The minimum absolute atomic E-state index is 0.861. The molecule has 0 spiro atoms. The normalized spacial score (nSPS) is 19.9. The van der Waals surface area contributed by atoms with Gasteiger partial charge in [0.2, 0.25) is 0 Å². The topological polar surface area (TPSA) is 0 Å². The fourth-order valence-corrected chi connectivity index (χ4v) is 4.32. The van der Waals surface area contributed by atoms with Crippen LogP contribution >= 0.6 is 0 Å². The smallest absolute Gasteiger partial charge is 0.0687 e. The van der Waals surface area contributed by atoms with Gasteiger partial charge >= 0.3 is 0 Å². The van der Waals surface area contributed by atoms with Gasteiger partial charge in [0.05, 0.1) is 8.07 Å². The van der Waals surface area contributed by atoms with Crippen LogP contribution in [0.4, 0.5) is 0 Å². The standard InChI is InChI=1S/C20H28Si/c1-21(2,3)13-12-17-10-7-11-18-14-19(15-20(17)18)16-8-5-4-6-9-16/h7,10-13,15-16H,4-6,8-9,14H2,1-3H3. The van der Waals surface area contributed by atoms with Crippen LogP contribution < -0.4 is 0 Å². The molecule has 0 unspecified atom stereocenters. The molecule has 2 aliphatic rings. The van der Waals surface area contributed by atoms with Crippen molar-refractivity contribution in [3.8, 4) is 0 Å². The number of rotatable bonds is 3. The van der Waals surface area contributed by atoms with Gasteiger partial charge in [-0.2, -0.15) is 0 Å². The predicted molar refractivity (Wildman–Crippen MR) is 97.1 cm³/mol. The molecule has 2 aliphatic carbocycles. The fourth-order valence-electron chi connectivity index (χ4n) is 3.64. The lowest BCUT2D eigenvalue weighted by Gasteiger charge is -2.22. The van der Waals surface area contributed by atoms with E-state index >= 15 is 0 Å². The highest BCUT2D eigenvalue weighted by Gasteiger charge is 2.23. The van der Waals surface area contributed by atoms with Gasteiger partial charge in [-0.15, -0.1) is 0 Å². The van der Waals surface area contributed by atoms with E-state index in [4.69, 9.17) is 0 Å². The molecule has 0 atom stereocenters. The third-order valence-electron chi connectivity index (χ3n) is 4.85. The second-order valence-corrected chi connectivity index (χ2v) is 12.9. The van der Waals surface area contributed by atoms with Gasteiger partial charge in [0.25, 0.3) is 0 Å². The average molecular weight is 297 g/mol. The Kier molecular flexibility index (Phi) is 4.21. The number of hydrogen-bond acceptors (Lipinski definition) is 0. The van der Waals surface area contributed by atoms with E-state index in [1.165, 1.54) is 49.7 Å². The molecule has 1 aromatic carbocycles. The van der Waals surface area contributed by atoms with Crippen LogP contribution in [-0.4, -0.2) is 8.07 Å². The molecular weight excluding hydrogens is 268 g/mol. The molecule has 1 heteroatoms. The number of fused-ring (bicyclic) bond motifs is 1. The van der Waals surface area contributed by atoms with E-state index in [-0.39, 0.29) is 0 Å². The van der Waals surface area contributed by atoms with Crippen LogP contribution in [0.15, 0.2) is 29.5 Å². The van der Waals surface area contributed by atoms with Gasteiger partial charge in [-0.25, -0.2) is 0 Å². The van der Waals surface area contributed by atoms with E-state index in [0.29, 0.717) is 0 Å². The molecule has 0 radical (unpaired) electrons. The molecular formula is C20H28Si. The third-order valence-corrected chi connectivity index (χ3v) is 6.01. The van der Waals surface area contributed by atoms with Crippen molar-refractivity contribution >= 4 is 20.2 Å². The van der Waals surface area contributed by atoms with E-state index in [0.717, 1.165) is 5.92 Å². The second-order valence-electron chi connectivity index (χ2n) is 7.85. The summed E-state index contributed by atoms with van der Waals surface area (Å²) in [5, 5.41) is 0. The summed E-state index contributed by atoms with van der Waals surface area (Å²) in [5.41, 5.74) is 8.66. The summed E-state index contributed by atoms with van der Waals surface area (Å²) in [7, 11) is -1.12. The molecule has 0 aromatic heterocycles. The first kappa shape index (κ1) is 14.8. The van der Waals surface area contributed by atoms with Crippen LogP contribution in [0.1, 0.15) is 48.8 Å². The fraction of sp³-hybridized carbons (Fsp3) is 0.500. The van der Waals surface area contributed by atoms with Crippen LogP contribution in [0.25, 0.3) is 12.2 Å². The SMILES string of the molecule is C[Si](C)(C)C=Cc1cccc2c1C=C(C1CCCCC1)C2. The Morgan fingerprint density at radius 3 is 2.52 bits per heavy atom. The van der Waals surface area contributed by atoms with Crippen molar-refractivity contribution < 1.29 is 0 Å². The summed E-state index contributed by atoms with van der Waals surface area (Å²) in [6.07, 6.45) is 13.2. The Labute approximate surface area is 131 Å². The van der Waals surface area contributed by atoms with Gasteiger partial charge in [0, 0.05) is 0 Å². The van der Waals surface area contributed by atoms with E-state index in [2.05, 4.69) is 55.7 Å². The van der Waals surface area contributed by atoms with Gasteiger partial charge in [-0.05, 0) is 41.9 Å². The Balaban J connectivity index is 1.86. The average Bonchev–Trinajstić information content (AvgIpc) is 2.89. The Morgan fingerprint density at radius 1 is 1.05 bits per heavy atom. The van der Waals surface area contributed by atoms with Gasteiger partial charge in [0.15, 0.2) is 0 Å². The van der Waals surface area contributed by atoms with Crippen molar-refractivity contribution in [2.75, 3.05) is 0 Å². The van der Waals surface area contributed by atoms with E-state index in [9.17, 15) is 0 Å². The minimum atomic E-state index is -1.12. The summed E-state index contributed by atoms with van der Waals surface area (Å²) < 4.78 is 0. The van der Waals surface area contributed by atoms with Crippen LogP contribution in [0.3, 0.4) is 0 Å². The Morgan fingerprint density at radius 2 is 1.81 bits per heavy atom. The number of benzene rings is 1. The maximum atomic E-state index is 2.52. The second kappa shape index (κ2) is 5.96. The molecule has 0 saturated heterocycles. The lowest BCUT2D eigenvalue weighted by Crippen LogP contribution is -2.15. The van der Waals surface area contributed by atoms with Crippen molar-refractivity contribution in [2.24, 2.45) is 5.92 Å². The van der Waals surface area contributed by atoms with Gasteiger partial charge in [-0.1, -0.05) is 80.5 Å². The molecule has 112 valence electrons. The van der Waals surface area contributed by atoms with Crippen molar-refractivity contribution in [1.29, 1.82) is 0 Å². The molecule has 3 rings (SSSR count). The predicted octanol–water partition coefficient (Wildman–Crippen LogP) is 6.10. The van der Waals surface area contributed by atoms with Crippen LogP contribution in [0, 0.1) is 5.92 Å². The lowest BCUT2D eigenvalue weighted by atomic mass is 9.83. The van der Waals surface area contributed by atoms with Crippen LogP contribution in [-0.2, 0) is 6.42 Å². The highest BCUT2D eigenvalue weighted by molar-refractivity contribution is 6.81. The van der Waals surface area contributed by atoms with E-state index in [1.54, 1.807) is 11.1 Å². The molecule has 1 aromatic rings. The van der Waals surface area contributed by atoms with Crippen molar-refractivity contribution in [2.45, 2.75) is 58.2 Å². The maximum absolute atomic E-state index is 2.52. The van der Waals surface area contributed by atoms with E-state index in [1.807, 2.05) is 0 Å². The molecule has 0 amide bonds. The van der Waals surface area contributed by atoms with Crippen molar-refractivity contribution in [1.82, 2.24) is 0 Å². The molecule has 21 heavy (non-hydrogen) atoms. The van der Waals surface area contributed by atoms with Gasteiger partial charge in [-0.3, -0.25) is 0 Å². The number of allylic oxidation sites excluding steroid dienone is 1. The first-order valence-corrected chi connectivity index (χ1v) is 12.1. The monoisotopic (exact) mass is 296 g/mol. The maximum Gasteiger partial charge on any atom is 0.0687 e. The summed E-state index contributed by atoms with van der Waals surface area (Å²) in [6.45, 7) is 7.20. The molecule has 1 saturated carbocycles. The summed E-state index contributed by atoms with van der Waals surface area (Å²) in [5.74, 6) is 0.861. The van der Waals surface area contributed by atoms with Crippen molar-refractivity contribution in [3.05, 3.63) is 46.2 Å². The van der Waals surface area contributed by atoms with Crippen molar-refractivity contribution in [3.63, 3.8) is 0 Å². The molecule has 0 bridgehead atoms. The zero-order valence-electron chi connectivity index (χ0n) is 13.8. The van der Waals surface area contributed by atoms with Crippen LogP contribution in [0.2, 0.25) is 19.6 Å². The van der Waals surface area contributed by atoms with Crippen LogP contribution in [0.5, 0.6) is 0 Å². The minimum Gasteiger partial charge on any atom is -0.0944 e. The summed E-state index contributed by atoms with van der Waals surface area (Å²) >= 11 is 0. The van der Waals surface area contributed by atoms with Gasteiger partial charge < -0.3 is 0 Å². The Bertz CT molecular complexity index is 566. The molecule has 0 aliphatic heterocycles. The molecule has 0 N–H and O–H groups in total. The zero-order chi connectivity index (χ0) is 14.9. The Hall–Kier alpha value is -1.08. The largest absolute Gasteiger partial charge is 0.0944 e. The lowest BCUT2D eigenvalue weighted by molar-refractivity contribution is 0.401. The zero-order valence-corrected chi connectivity index (χ0v) is 14.8. The van der Waals surface area contributed by atoms with Gasteiger partial charge in [0.1, 0.15) is 0 Å². The third kappa shape index (κ3) is 3.57. The first-order valence-electron chi connectivity index (χ1n) is 8.54. The summed E-state index contributed by atoms with van der Waals surface area (Å²) in [6, 6.07) is 6.85. The highest BCUT2D eigenvalue weighted by Crippen LogP contribution is 2.38. The molecule has 0 heterocycles. The summed E-state index contributed by atoms with van der Waals surface area (Å²) in [4.78, 5) is 0.